The van der Waals surface area contributed by atoms with Crippen LogP contribution in [-0.4, -0.2) is 19.4 Å². The van der Waals surface area contributed by atoms with Gasteiger partial charge >= 0.3 is 0 Å². The SMILES string of the molecule is C1=NCCN1.Cl.c1ccccc1. The molecule has 3 heteroatoms. The summed E-state index contributed by atoms with van der Waals surface area (Å²) in [6.45, 7) is 1.99. The molecule has 2 nitrogen and oxygen atoms in total. The van der Waals surface area contributed by atoms with Crippen molar-refractivity contribution < 1.29 is 0 Å². The monoisotopic (exact) mass is 184 g/mol. The first kappa shape index (κ1) is 11.0. The summed E-state index contributed by atoms with van der Waals surface area (Å²) in [4.78, 5) is 3.85. The maximum atomic E-state index is 3.85. The molecule has 12 heavy (non-hydrogen) atoms. The van der Waals surface area contributed by atoms with Crippen molar-refractivity contribution >= 4 is 18.7 Å². The highest BCUT2D eigenvalue weighted by Gasteiger charge is 1.82. The van der Waals surface area contributed by atoms with E-state index in [2.05, 4.69) is 10.3 Å². The summed E-state index contributed by atoms with van der Waals surface area (Å²) in [6, 6.07) is 12.0. The maximum absolute atomic E-state index is 3.85. The predicted molar refractivity (Wildman–Crippen MR) is 55.1 cm³/mol. The number of nitrogens with one attached hydrogen (secondary N) is 1. The largest absolute Gasteiger partial charge is 0.375 e. The quantitative estimate of drug-likeness (QED) is 0.653. The van der Waals surface area contributed by atoms with E-state index in [0.717, 1.165) is 13.1 Å². The van der Waals surface area contributed by atoms with Gasteiger partial charge in [-0.3, -0.25) is 4.99 Å². The van der Waals surface area contributed by atoms with Crippen molar-refractivity contribution in [2.45, 2.75) is 0 Å². The third-order valence-electron chi connectivity index (χ3n) is 1.23. The Hall–Kier alpha value is -1.02. The second kappa shape index (κ2) is 8.08. The van der Waals surface area contributed by atoms with Crippen LogP contribution in [0.2, 0.25) is 0 Å². The van der Waals surface area contributed by atoms with Crippen LogP contribution in [0.3, 0.4) is 0 Å². The number of halogens is 1. The number of hydrogen-bond donors (Lipinski definition) is 1. The molecule has 0 fully saturated rings. The average Bonchev–Trinajstić information content (AvgIpc) is 2.64. The molecule has 2 rings (SSSR count). The van der Waals surface area contributed by atoms with Crippen molar-refractivity contribution in [1.82, 2.24) is 5.32 Å². The fraction of sp³-hybridized carbons (Fsp3) is 0.222. The Morgan fingerprint density at radius 2 is 1.42 bits per heavy atom. The Morgan fingerprint density at radius 3 is 1.58 bits per heavy atom. The third-order valence-corrected chi connectivity index (χ3v) is 1.23. The first-order valence-corrected chi connectivity index (χ1v) is 3.72. The molecule has 1 aromatic carbocycles. The number of rotatable bonds is 0. The lowest BCUT2D eigenvalue weighted by atomic mass is 10.4. The molecule has 0 aromatic heterocycles. The van der Waals surface area contributed by atoms with Crippen LogP contribution in [0.15, 0.2) is 41.4 Å². The standard InChI is InChI=1S/C6H6.C3H6N2.ClH/c1-2-4-6-5-3-1;1-2-5-3-4-1;/h1-6H;3H,1-2H2,(H,4,5);1H. The smallest absolute Gasteiger partial charge is 0.0825 e. The minimum absolute atomic E-state index is 0. The average molecular weight is 185 g/mol. The van der Waals surface area contributed by atoms with Gasteiger partial charge in [-0.15, -0.1) is 12.4 Å². The molecule has 0 radical (unpaired) electrons. The number of benzene rings is 1. The molecule has 0 aliphatic carbocycles. The van der Waals surface area contributed by atoms with Crippen LogP contribution in [0.4, 0.5) is 0 Å². The molecule has 0 saturated heterocycles. The van der Waals surface area contributed by atoms with Crippen molar-refractivity contribution in [3.05, 3.63) is 36.4 Å². The molecule has 66 valence electrons. The zero-order valence-corrected chi connectivity index (χ0v) is 7.63. The number of aliphatic imine (C=N–C) groups is 1. The van der Waals surface area contributed by atoms with Gasteiger partial charge in [-0.1, -0.05) is 36.4 Å². The van der Waals surface area contributed by atoms with Crippen LogP contribution in [0.1, 0.15) is 0 Å². The topological polar surface area (TPSA) is 24.4 Å². The van der Waals surface area contributed by atoms with Crippen molar-refractivity contribution in [2.75, 3.05) is 13.1 Å². The summed E-state index contributed by atoms with van der Waals surface area (Å²) < 4.78 is 0. The second-order valence-corrected chi connectivity index (χ2v) is 2.14. The van der Waals surface area contributed by atoms with Gasteiger partial charge in [0.05, 0.1) is 12.9 Å². The van der Waals surface area contributed by atoms with Crippen LogP contribution >= 0.6 is 12.4 Å². The van der Waals surface area contributed by atoms with Gasteiger partial charge in [0.15, 0.2) is 0 Å². The van der Waals surface area contributed by atoms with Gasteiger partial charge in [0.25, 0.3) is 0 Å². The van der Waals surface area contributed by atoms with Crippen molar-refractivity contribution in [3.63, 3.8) is 0 Å². The van der Waals surface area contributed by atoms with Gasteiger partial charge in [0.2, 0.25) is 0 Å². The Labute approximate surface area is 79.1 Å². The summed E-state index contributed by atoms with van der Waals surface area (Å²) in [7, 11) is 0. The summed E-state index contributed by atoms with van der Waals surface area (Å²) in [5, 5.41) is 2.93. The zero-order valence-electron chi connectivity index (χ0n) is 6.81. The summed E-state index contributed by atoms with van der Waals surface area (Å²) in [6.07, 6.45) is 1.74. The van der Waals surface area contributed by atoms with Crippen molar-refractivity contribution in [1.29, 1.82) is 0 Å². The van der Waals surface area contributed by atoms with Gasteiger partial charge < -0.3 is 5.32 Å². The minimum atomic E-state index is 0. The fourth-order valence-electron chi connectivity index (χ4n) is 0.708. The zero-order chi connectivity index (χ0) is 7.78. The molecule has 0 amide bonds. The first-order valence-electron chi connectivity index (χ1n) is 3.72. The minimum Gasteiger partial charge on any atom is -0.375 e. The van der Waals surface area contributed by atoms with E-state index in [-0.39, 0.29) is 12.4 Å². The third kappa shape index (κ3) is 5.74. The highest BCUT2D eigenvalue weighted by Crippen LogP contribution is 1.79. The van der Waals surface area contributed by atoms with E-state index >= 15 is 0 Å². The molecule has 1 heterocycles. The fourth-order valence-corrected chi connectivity index (χ4v) is 0.708. The van der Waals surface area contributed by atoms with Crippen molar-refractivity contribution in [2.24, 2.45) is 4.99 Å². The van der Waals surface area contributed by atoms with E-state index in [0.29, 0.717) is 0 Å². The van der Waals surface area contributed by atoms with E-state index in [9.17, 15) is 0 Å². The molecule has 0 saturated carbocycles. The molecule has 1 N–H and O–H groups in total. The van der Waals surface area contributed by atoms with E-state index in [1.54, 1.807) is 6.34 Å². The van der Waals surface area contributed by atoms with Crippen LogP contribution < -0.4 is 5.32 Å². The van der Waals surface area contributed by atoms with Gasteiger partial charge in [0, 0.05) is 6.54 Å². The molecule has 0 unspecified atom stereocenters. The lowest BCUT2D eigenvalue weighted by Crippen LogP contribution is -2.04. The Balaban J connectivity index is 0.000000189. The summed E-state index contributed by atoms with van der Waals surface area (Å²) in [5.74, 6) is 0. The van der Waals surface area contributed by atoms with Gasteiger partial charge in [-0.05, 0) is 0 Å². The Kier molecular flexibility index (Phi) is 7.39. The molecular formula is C9H13ClN2. The van der Waals surface area contributed by atoms with Gasteiger partial charge in [-0.25, -0.2) is 0 Å². The Morgan fingerprint density at radius 1 is 0.917 bits per heavy atom. The number of hydrogen-bond acceptors (Lipinski definition) is 2. The van der Waals surface area contributed by atoms with E-state index in [4.69, 9.17) is 0 Å². The molecule has 1 aromatic rings. The highest BCUT2D eigenvalue weighted by molar-refractivity contribution is 5.85. The van der Waals surface area contributed by atoms with Gasteiger partial charge in [-0.2, -0.15) is 0 Å². The number of nitrogens with zero attached hydrogens (tertiary/aromatic N) is 1. The lowest BCUT2D eigenvalue weighted by Gasteiger charge is -1.75. The van der Waals surface area contributed by atoms with Crippen LogP contribution in [0.25, 0.3) is 0 Å². The molecule has 1 aliphatic rings. The van der Waals surface area contributed by atoms with E-state index in [1.165, 1.54) is 0 Å². The highest BCUT2D eigenvalue weighted by atomic mass is 35.5. The van der Waals surface area contributed by atoms with E-state index < -0.39 is 0 Å². The van der Waals surface area contributed by atoms with Gasteiger partial charge in [0.1, 0.15) is 0 Å². The first-order chi connectivity index (χ1) is 5.50. The normalized spacial score (nSPS) is 12.0. The molecule has 0 spiro atoms. The van der Waals surface area contributed by atoms with E-state index in [1.807, 2.05) is 36.4 Å². The molecule has 0 atom stereocenters. The van der Waals surface area contributed by atoms with Crippen molar-refractivity contribution in [3.8, 4) is 0 Å². The van der Waals surface area contributed by atoms with Crippen LogP contribution in [-0.2, 0) is 0 Å². The molecule has 1 aliphatic heterocycles. The Bertz CT molecular complexity index is 166. The summed E-state index contributed by atoms with van der Waals surface area (Å²) in [5.41, 5.74) is 0. The summed E-state index contributed by atoms with van der Waals surface area (Å²) >= 11 is 0. The second-order valence-electron chi connectivity index (χ2n) is 2.14. The molecular weight excluding hydrogens is 172 g/mol. The maximum Gasteiger partial charge on any atom is 0.0825 e. The molecule has 0 bridgehead atoms. The van der Waals surface area contributed by atoms with Crippen LogP contribution in [0, 0.1) is 0 Å². The lowest BCUT2D eigenvalue weighted by molar-refractivity contribution is 0.965. The van der Waals surface area contributed by atoms with Crippen LogP contribution in [0.5, 0.6) is 0 Å². The predicted octanol–water partition coefficient (Wildman–Crippen LogP) is 1.73.